The van der Waals surface area contributed by atoms with E-state index in [1.165, 1.54) is 18.2 Å². The van der Waals surface area contributed by atoms with Gasteiger partial charge in [-0.25, -0.2) is 4.39 Å². The third-order valence-corrected chi connectivity index (χ3v) is 3.78. The number of amides is 2. The summed E-state index contributed by atoms with van der Waals surface area (Å²) in [6, 6.07) is 11.3. The van der Waals surface area contributed by atoms with Crippen molar-refractivity contribution in [3.05, 3.63) is 64.9 Å². The number of benzene rings is 2. The van der Waals surface area contributed by atoms with E-state index in [2.05, 4.69) is 10.6 Å². The molecule has 1 atom stereocenters. The van der Waals surface area contributed by atoms with Crippen LogP contribution >= 0.6 is 11.6 Å². The second-order valence-electron chi connectivity index (χ2n) is 6.16. The predicted molar refractivity (Wildman–Crippen MR) is 97.2 cm³/mol. The summed E-state index contributed by atoms with van der Waals surface area (Å²) < 4.78 is 13.3. The molecule has 0 aromatic heterocycles. The highest BCUT2D eigenvalue weighted by atomic mass is 35.5. The van der Waals surface area contributed by atoms with Crippen molar-refractivity contribution in [2.75, 3.05) is 5.32 Å². The normalized spacial score (nSPS) is 11.9. The van der Waals surface area contributed by atoms with Gasteiger partial charge in [0.25, 0.3) is 5.91 Å². The Balaban J connectivity index is 2.10. The molecule has 0 spiro atoms. The number of rotatable bonds is 6. The number of hydrogen-bond acceptors (Lipinski definition) is 2. The summed E-state index contributed by atoms with van der Waals surface area (Å²) in [5.41, 5.74) is 0.760. The first kappa shape index (κ1) is 18.9. The van der Waals surface area contributed by atoms with Crippen molar-refractivity contribution in [2.45, 2.75) is 26.3 Å². The van der Waals surface area contributed by atoms with Crippen molar-refractivity contribution in [2.24, 2.45) is 5.92 Å². The molecule has 0 radical (unpaired) electrons. The van der Waals surface area contributed by atoms with Crippen molar-refractivity contribution < 1.29 is 14.0 Å². The molecule has 2 rings (SSSR count). The smallest absolute Gasteiger partial charge is 0.251 e. The Labute approximate surface area is 151 Å². The van der Waals surface area contributed by atoms with Gasteiger partial charge < -0.3 is 10.6 Å². The van der Waals surface area contributed by atoms with Gasteiger partial charge in [-0.1, -0.05) is 31.5 Å². The lowest BCUT2D eigenvalue weighted by molar-refractivity contribution is -0.118. The predicted octanol–water partition coefficient (Wildman–Crippen LogP) is 4.26. The molecule has 2 aromatic rings. The van der Waals surface area contributed by atoms with Crippen LogP contribution in [0.1, 0.15) is 30.6 Å². The molecule has 2 amide bonds. The summed E-state index contributed by atoms with van der Waals surface area (Å²) in [5, 5.41) is 5.90. The van der Waals surface area contributed by atoms with Crippen LogP contribution in [-0.2, 0) is 4.79 Å². The molecule has 0 aliphatic carbocycles. The number of anilines is 1. The molecule has 2 N–H and O–H groups in total. The van der Waals surface area contributed by atoms with E-state index in [9.17, 15) is 14.0 Å². The van der Waals surface area contributed by atoms with Gasteiger partial charge in [-0.3, -0.25) is 9.59 Å². The van der Waals surface area contributed by atoms with Crippen LogP contribution in [0.5, 0.6) is 0 Å². The first-order chi connectivity index (χ1) is 11.8. The zero-order chi connectivity index (χ0) is 18.4. The first-order valence-corrected chi connectivity index (χ1v) is 8.36. The molecule has 0 aliphatic rings. The lowest BCUT2D eigenvalue weighted by Crippen LogP contribution is -2.44. The number of halogens is 2. The molecule has 6 heteroatoms. The average molecular weight is 363 g/mol. The number of carbonyl (C=O) groups is 2. The molecule has 0 unspecified atom stereocenters. The van der Waals surface area contributed by atoms with Gasteiger partial charge in [0.2, 0.25) is 5.91 Å². The van der Waals surface area contributed by atoms with Crippen LogP contribution in [0.15, 0.2) is 48.5 Å². The Bertz CT molecular complexity index is 747. The Kier molecular flexibility index (Phi) is 6.53. The minimum absolute atomic E-state index is 0.189. The van der Waals surface area contributed by atoms with E-state index in [1.807, 2.05) is 13.8 Å². The van der Waals surface area contributed by atoms with Gasteiger partial charge in [-0.2, -0.15) is 0 Å². The van der Waals surface area contributed by atoms with Crippen LogP contribution < -0.4 is 10.6 Å². The minimum Gasteiger partial charge on any atom is -0.340 e. The fraction of sp³-hybridized carbons (Fsp3) is 0.263. The SMILES string of the molecule is CC(C)C[C@@H](NC(=O)c1ccc(Cl)cc1)C(=O)Nc1cccc(F)c1. The molecule has 0 aliphatic heterocycles. The quantitative estimate of drug-likeness (QED) is 0.806. The number of nitrogens with one attached hydrogen (secondary N) is 2. The summed E-state index contributed by atoms with van der Waals surface area (Å²) in [6.45, 7) is 3.91. The molecule has 0 saturated carbocycles. The standard InChI is InChI=1S/C19H20ClFN2O2/c1-12(2)10-17(19(25)22-16-5-3-4-15(21)11-16)23-18(24)13-6-8-14(20)9-7-13/h3-9,11-12,17H,10H2,1-2H3,(H,22,25)(H,23,24)/t17-/m1/s1. The summed E-state index contributed by atoms with van der Waals surface area (Å²) >= 11 is 5.82. The van der Waals surface area contributed by atoms with Crippen molar-refractivity contribution in [3.63, 3.8) is 0 Å². The lowest BCUT2D eigenvalue weighted by atomic mass is 10.0. The molecule has 0 bridgehead atoms. The van der Waals surface area contributed by atoms with Gasteiger partial charge >= 0.3 is 0 Å². The van der Waals surface area contributed by atoms with E-state index >= 15 is 0 Å². The van der Waals surface area contributed by atoms with E-state index < -0.39 is 11.9 Å². The van der Waals surface area contributed by atoms with Crippen molar-refractivity contribution in [3.8, 4) is 0 Å². The van der Waals surface area contributed by atoms with Crippen LogP contribution in [-0.4, -0.2) is 17.9 Å². The van der Waals surface area contributed by atoms with Crippen molar-refractivity contribution in [1.29, 1.82) is 0 Å². The molecular weight excluding hydrogens is 343 g/mol. The van der Waals surface area contributed by atoms with Crippen LogP contribution in [0.2, 0.25) is 5.02 Å². The molecule has 2 aromatic carbocycles. The second kappa shape index (κ2) is 8.62. The zero-order valence-electron chi connectivity index (χ0n) is 14.1. The van der Waals surface area contributed by atoms with Crippen LogP contribution in [0.4, 0.5) is 10.1 Å². The summed E-state index contributed by atoms with van der Waals surface area (Å²) in [6.07, 6.45) is 0.459. The van der Waals surface area contributed by atoms with E-state index in [0.29, 0.717) is 22.7 Å². The second-order valence-corrected chi connectivity index (χ2v) is 6.60. The van der Waals surface area contributed by atoms with Gasteiger partial charge in [0, 0.05) is 16.3 Å². The van der Waals surface area contributed by atoms with E-state index in [4.69, 9.17) is 11.6 Å². The van der Waals surface area contributed by atoms with E-state index in [0.717, 1.165) is 0 Å². The van der Waals surface area contributed by atoms with Crippen LogP contribution in [0.25, 0.3) is 0 Å². The fourth-order valence-corrected chi connectivity index (χ4v) is 2.47. The van der Waals surface area contributed by atoms with Gasteiger partial charge in [0.05, 0.1) is 0 Å². The number of carbonyl (C=O) groups excluding carboxylic acids is 2. The maximum atomic E-state index is 13.3. The lowest BCUT2D eigenvalue weighted by Gasteiger charge is -2.20. The van der Waals surface area contributed by atoms with Gasteiger partial charge in [-0.05, 0) is 54.8 Å². The maximum absolute atomic E-state index is 13.3. The van der Waals surface area contributed by atoms with Crippen LogP contribution in [0, 0.1) is 11.7 Å². The summed E-state index contributed by atoms with van der Waals surface area (Å²) in [5.74, 6) is -1.00. The zero-order valence-corrected chi connectivity index (χ0v) is 14.8. The summed E-state index contributed by atoms with van der Waals surface area (Å²) in [4.78, 5) is 24.9. The van der Waals surface area contributed by atoms with Crippen molar-refractivity contribution >= 4 is 29.1 Å². The Morgan fingerprint density at radius 3 is 2.40 bits per heavy atom. The maximum Gasteiger partial charge on any atom is 0.251 e. The van der Waals surface area contributed by atoms with Gasteiger partial charge in [0.15, 0.2) is 0 Å². The van der Waals surface area contributed by atoms with Crippen LogP contribution in [0.3, 0.4) is 0 Å². The minimum atomic E-state index is -0.730. The van der Waals surface area contributed by atoms with E-state index in [1.54, 1.807) is 30.3 Å². The van der Waals surface area contributed by atoms with Crippen molar-refractivity contribution in [1.82, 2.24) is 5.32 Å². The monoisotopic (exact) mass is 362 g/mol. The molecule has 0 saturated heterocycles. The Morgan fingerprint density at radius 1 is 1.12 bits per heavy atom. The third-order valence-electron chi connectivity index (χ3n) is 3.53. The first-order valence-electron chi connectivity index (χ1n) is 7.98. The Hall–Kier alpha value is -2.40. The topological polar surface area (TPSA) is 58.2 Å². The van der Waals surface area contributed by atoms with Gasteiger partial charge in [-0.15, -0.1) is 0 Å². The Morgan fingerprint density at radius 2 is 1.80 bits per heavy atom. The largest absolute Gasteiger partial charge is 0.340 e. The fourth-order valence-electron chi connectivity index (χ4n) is 2.34. The highest BCUT2D eigenvalue weighted by Gasteiger charge is 2.22. The molecule has 132 valence electrons. The molecule has 25 heavy (non-hydrogen) atoms. The average Bonchev–Trinajstić information content (AvgIpc) is 2.54. The number of hydrogen-bond donors (Lipinski definition) is 2. The van der Waals surface area contributed by atoms with Gasteiger partial charge in [0.1, 0.15) is 11.9 Å². The highest BCUT2D eigenvalue weighted by molar-refractivity contribution is 6.30. The summed E-state index contributed by atoms with van der Waals surface area (Å²) in [7, 11) is 0. The molecule has 4 nitrogen and oxygen atoms in total. The molecular formula is C19H20ClFN2O2. The third kappa shape index (κ3) is 5.87. The molecule has 0 fully saturated rings. The van der Waals surface area contributed by atoms with E-state index in [-0.39, 0.29) is 17.7 Å². The highest BCUT2D eigenvalue weighted by Crippen LogP contribution is 2.14. The molecule has 0 heterocycles.